The zero-order valence-electron chi connectivity index (χ0n) is 9.44. The summed E-state index contributed by atoms with van der Waals surface area (Å²) in [6, 6.07) is 14.7. The van der Waals surface area contributed by atoms with Crippen LogP contribution in [0.15, 0.2) is 59.1 Å². The number of halogens is 2. The molecule has 0 aliphatic carbocycles. The van der Waals surface area contributed by atoms with Crippen LogP contribution >= 0.6 is 27.5 Å². The van der Waals surface area contributed by atoms with Gasteiger partial charge in [0.1, 0.15) is 0 Å². The maximum Gasteiger partial charge on any atom is 0.185 e. The number of benzene rings is 2. The number of hydrogen-bond donors (Lipinski definition) is 0. The standard InChI is InChI=1S/C15H10BrClO/c16-13-6-3-5-12(10-13)15(18)9-8-11-4-1-2-7-14(11)17/h1-10H. The van der Waals surface area contributed by atoms with Crippen molar-refractivity contribution in [3.05, 3.63) is 75.2 Å². The summed E-state index contributed by atoms with van der Waals surface area (Å²) in [5.41, 5.74) is 1.48. The van der Waals surface area contributed by atoms with Crippen molar-refractivity contribution in [3.8, 4) is 0 Å². The molecule has 0 N–H and O–H groups in total. The Hall–Kier alpha value is -1.38. The van der Waals surface area contributed by atoms with Crippen LogP contribution in [0.25, 0.3) is 6.08 Å². The molecular formula is C15H10BrClO. The Labute approximate surface area is 119 Å². The Balaban J connectivity index is 2.20. The highest BCUT2D eigenvalue weighted by atomic mass is 79.9. The average Bonchev–Trinajstić information content (AvgIpc) is 2.37. The van der Waals surface area contributed by atoms with Gasteiger partial charge in [0.2, 0.25) is 0 Å². The number of carbonyl (C=O) groups excluding carboxylic acids is 1. The van der Waals surface area contributed by atoms with E-state index < -0.39 is 0 Å². The van der Waals surface area contributed by atoms with Crippen LogP contribution in [-0.2, 0) is 0 Å². The third-order valence-electron chi connectivity index (χ3n) is 2.43. The summed E-state index contributed by atoms with van der Waals surface area (Å²) in [6.07, 6.45) is 3.26. The molecule has 0 heterocycles. The van der Waals surface area contributed by atoms with Crippen LogP contribution in [-0.4, -0.2) is 5.78 Å². The van der Waals surface area contributed by atoms with Crippen LogP contribution in [0.2, 0.25) is 5.02 Å². The van der Waals surface area contributed by atoms with Crippen LogP contribution in [0.3, 0.4) is 0 Å². The normalized spacial score (nSPS) is 10.8. The van der Waals surface area contributed by atoms with E-state index in [-0.39, 0.29) is 5.78 Å². The summed E-state index contributed by atoms with van der Waals surface area (Å²) in [4.78, 5) is 11.9. The number of rotatable bonds is 3. The fourth-order valence-electron chi connectivity index (χ4n) is 1.51. The quantitative estimate of drug-likeness (QED) is 0.574. The zero-order chi connectivity index (χ0) is 13.0. The van der Waals surface area contributed by atoms with Gasteiger partial charge in [-0.15, -0.1) is 0 Å². The minimum Gasteiger partial charge on any atom is -0.289 e. The molecule has 0 saturated heterocycles. The van der Waals surface area contributed by atoms with E-state index in [1.54, 1.807) is 24.3 Å². The first-order valence-corrected chi connectivity index (χ1v) is 6.56. The Morgan fingerprint density at radius 1 is 1.11 bits per heavy atom. The van der Waals surface area contributed by atoms with Gasteiger partial charge < -0.3 is 0 Å². The van der Waals surface area contributed by atoms with E-state index in [2.05, 4.69) is 15.9 Å². The molecule has 18 heavy (non-hydrogen) atoms. The number of ketones is 1. The Morgan fingerprint density at radius 2 is 1.89 bits per heavy atom. The summed E-state index contributed by atoms with van der Waals surface area (Å²) in [7, 11) is 0. The molecule has 0 aliphatic heterocycles. The van der Waals surface area contributed by atoms with Crippen LogP contribution < -0.4 is 0 Å². The van der Waals surface area contributed by atoms with Gasteiger partial charge in [0.25, 0.3) is 0 Å². The lowest BCUT2D eigenvalue weighted by Crippen LogP contribution is -1.93. The summed E-state index contributed by atoms with van der Waals surface area (Å²) in [5, 5.41) is 0.635. The maximum absolute atomic E-state index is 11.9. The second kappa shape index (κ2) is 5.98. The highest BCUT2D eigenvalue weighted by Gasteiger charge is 2.02. The average molecular weight is 322 g/mol. The second-order valence-corrected chi connectivity index (χ2v) is 5.05. The van der Waals surface area contributed by atoms with E-state index in [1.807, 2.05) is 30.3 Å². The summed E-state index contributed by atoms with van der Waals surface area (Å²) >= 11 is 9.35. The van der Waals surface area contributed by atoms with Crippen molar-refractivity contribution in [2.75, 3.05) is 0 Å². The van der Waals surface area contributed by atoms with Gasteiger partial charge in [-0.2, -0.15) is 0 Å². The molecule has 0 amide bonds. The predicted octanol–water partition coefficient (Wildman–Crippen LogP) is 5.00. The van der Waals surface area contributed by atoms with Gasteiger partial charge in [-0.3, -0.25) is 4.79 Å². The van der Waals surface area contributed by atoms with E-state index in [4.69, 9.17) is 11.6 Å². The molecule has 0 spiro atoms. The summed E-state index contributed by atoms with van der Waals surface area (Å²) in [6.45, 7) is 0. The molecule has 2 rings (SSSR count). The van der Waals surface area contributed by atoms with Crippen LogP contribution in [0, 0.1) is 0 Å². The first-order chi connectivity index (χ1) is 8.66. The molecular weight excluding hydrogens is 312 g/mol. The fraction of sp³-hybridized carbons (Fsp3) is 0. The molecule has 0 bridgehead atoms. The van der Waals surface area contributed by atoms with Gasteiger partial charge in [0.05, 0.1) is 0 Å². The number of carbonyl (C=O) groups is 1. The molecule has 0 radical (unpaired) electrons. The lowest BCUT2D eigenvalue weighted by Gasteiger charge is -1.98. The van der Waals surface area contributed by atoms with E-state index in [0.29, 0.717) is 10.6 Å². The molecule has 90 valence electrons. The first kappa shape index (κ1) is 13.1. The summed E-state index contributed by atoms with van der Waals surface area (Å²) < 4.78 is 0.888. The zero-order valence-corrected chi connectivity index (χ0v) is 11.8. The molecule has 0 unspecified atom stereocenters. The van der Waals surface area contributed by atoms with Gasteiger partial charge in [0.15, 0.2) is 5.78 Å². The van der Waals surface area contributed by atoms with Crippen molar-refractivity contribution in [1.29, 1.82) is 0 Å². The van der Waals surface area contributed by atoms with Crippen molar-refractivity contribution in [2.45, 2.75) is 0 Å². The van der Waals surface area contributed by atoms with Crippen LogP contribution in [0.5, 0.6) is 0 Å². The lowest BCUT2D eigenvalue weighted by atomic mass is 10.1. The third-order valence-corrected chi connectivity index (χ3v) is 3.27. The van der Waals surface area contributed by atoms with Gasteiger partial charge in [-0.25, -0.2) is 0 Å². The smallest absolute Gasteiger partial charge is 0.185 e. The first-order valence-electron chi connectivity index (χ1n) is 5.39. The monoisotopic (exact) mass is 320 g/mol. The predicted molar refractivity (Wildman–Crippen MR) is 79.0 cm³/mol. The van der Waals surface area contributed by atoms with Crippen molar-refractivity contribution < 1.29 is 4.79 Å². The van der Waals surface area contributed by atoms with E-state index in [0.717, 1.165) is 10.0 Å². The Kier molecular flexibility index (Phi) is 4.34. The lowest BCUT2D eigenvalue weighted by molar-refractivity contribution is 0.104. The molecule has 1 nitrogen and oxygen atoms in total. The Bertz CT molecular complexity index is 605. The van der Waals surface area contributed by atoms with E-state index in [9.17, 15) is 4.79 Å². The molecule has 0 fully saturated rings. The van der Waals surface area contributed by atoms with Gasteiger partial charge >= 0.3 is 0 Å². The second-order valence-electron chi connectivity index (χ2n) is 3.73. The highest BCUT2D eigenvalue weighted by Crippen LogP contribution is 2.17. The topological polar surface area (TPSA) is 17.1 Å². The highest BCUT2D eigenvalue weighted by molar-refractivity contribution is 9.10. The molecule has 3 heteroatoms. The largest absolute Gasteiger partial charge is 0.289 e. The molecule has 0 aromatic heterocycles. The van der Waals surface area contributed by atoms with Gasteiger partial charge in [0, 0.05) is 15.1 Å². The van der Waals surface area contributed by atoms with Crippen LogP contribution in [0.4, 0.5) is 0 Å². The van der Waals surface area contributed by atoms with Gasteiger partial charge in [-0.05, 0) is 35.9 Å². The molecule has 0 aliphatic rings. The molecule has 2 aromatic rings. The number of hydrogen-bond acceptors (Lipinski definition) is 1. The fourth-order valence-corrected chi connectivity index (χ4v) is 2.11. The van der Waals surface area contributed by atoms with Crippen LogP contribution in [0.1, 0.15) is 15.9 Å². The molecule has 0 atom stereocenters. The minimum atomic E-state index is -0.0452. The SMILES string of the molecule is O=C(C=Cc1ccccc1Cl)c1cccc(Br)c1. The van der Waals surface area contributed by atoms with E-state index in [1.165, 1.54) is 6.08 Å². The third kappa shape index (κ3) is 3.31. The summed E-state index contributed by atoms with van der Waals surface area (Å²) in [5.74, 6) is -0.0452. The van der Waals surface area contributed by atoms with E-state index >= 15 is 0 Å². The van der Waals surface area contributed by atoms with Crippen molar-refractivity contribution in [3.63, 3.8) is 0 Å². The minimum absolute atomic E-state index is 0.0452. The number of allylic oxidation sites excluding steroid dienone is 1. The molecule has 0 saturated carbocycles. The van der Waals surface area contributed by atoms with Crippen molar-refractivity contribution in [1.82, 2.24) is 0 Å². The van der Waals surface area contributed by atoms with Gasteiger partial charge in [-0.1, -0.05) is 57.9 Å². The molecule has 2 aromatic carbocycles. The Morgan fingerprint density at radius 3 is 2.61 bits per heavy atom. The van der Waals surface area contributed by atoms with Crippen molar-refractivity contribution in [2.24, 2.45) is 0 Å². The van der Waals surface area contributed by atoms with Crippen molar-refractivity contribution >= 4 is 39.4 Å². The maximum atomic E-state index is 11.9.